The molecular formula is C4H10F3NO4S. The summed E-state index contributed by atoms with van der Waals surface area (Å²) in [6, 6.07) is 0. The first-order chi connectivity index (χ1) is 5.66. The maximum Gasteiger partial charge on any atom is 0.522 e. The van der Waals surface area contributed by atoms with E-state index in [0.29, 0.717) is 6.54 Å². The molecule has 0 rings (SSSR count). The van der Waals surface area contributed by atoms with E-state index in [4.69, 9.17) is 18.1 Å². The SMILES string of the molecule is CNCCO.O=S(=O)(O)C(F)(F)F. The standard InChI is InChI=1S/C3H9NO.CHF3O3S/c1-4-2-3-5;2-1(3,4)8(5,6)7/h4-5H,2-3H2,1H3;(H,5,6,7). The van der Waals surface area contributed by atoms with Crippen molar-refractivity contribution < 1.29 is 31.2 Å². The van der Waals surface area contributed by atoms with Gasteiger partial charge in [0.1, 0.15) is 0 Å². The van der Waals surface area contributed by atoms with Crippen LogP contribution in [0.25, 0.3) is 0 Å². The minimum absolute atomic E-state index is 0.233. The van der Waals surface area contributed by atoms with Gasteiger partial charge in [0.05, 0.1) is 6.61 Å². The maximum atomic E-state index is 10.7. The molecule has 0 heterocycles. The van der Waals surface area contributed by atoms with Crippen molar-refractivity contribution in [2.45, 2.75) is 5.51 Å². The summed E-state index contributed by atoms with van der Waals surface area (Å²) in [6.07, 6.45) is 0. The fourth-order valence-corrected chi connectivity index (χ4v) is 0.112. The summed E-state index contributed by atoms with van der Waals surface area (Å²) >= 11 is 0. The third-order valence-corrected chi connectivity index (χ3v) is 1.24. The molecule has 13 heavy (non-hydrogen) atoms. The molecule has 0 bridgehead atoms. The van der Waals surface area contributed by atoms with Gasteiger partial charge in [0.15, 0.2) is 0 Å². The molecule has 0 radical (unpaired) electrons. The Kier molecular flexibility index (Phi) is 7.13. The van der Waals surface area contributed by atoms with E-state index in [0.717, 1.165) is 0 Å². The van der Waals surface area contributed by atoms with Gasteiger partial charge in [0.25, 0.3) is 0 Å². The second kappa shape index (κ2) is 6.13. The highest BCUT2D eigenvalue weighted by atomic mass is 32.2. The molecule has 3 N–H and O–H groups in total. The second-order valence-corrected chi connectivity index (χ2v) is 3.16. The third kappa shape index (κ3) is 9.53. The molecule has 0 aromatic heterocycles. The summed E-state index contributed by atoms with van der Waals surface area (Å²) in [4.78, 5) is 0. The molecule has 0 spiro atoms. The van der Waals surface area contributed by atoms with E-state index >= 15 is 0 Å². The molecule has 9 heteroatoms. The normalized spacial score (nSPS) is 11.8. The van der Waals surface area contributed by atoms with E-state index in [1.165, 1.54) is 0 Å². The van der Waals surface area contributed by atoms with E-state index in [1.54, 1.807) is 7.05 Å². The van der Waals surface area contributed by atoms with Gasteiger partial charge in [-0.25, -0.2) is 0 Å². The molecule has 0 saturated heterocycles. The van der Waals surface area contributed by atoms with Crippen LogP contribution in [0.5, 0.6) is 0 Å². The molecular weight excluding hydrogens is 215 g/mol. The number of hydrogen-bond donors (Lipinski definition) is 3. The van der Waals surface area contributed by atoms with Gasteiger partial charge < -0.3 is 10.4 Å². The Bertz CT molecular complexity index is 210. The van der Waals surface area contributed by atoms with E-state index in [1.807, 2.05) is 0 Å². The Balaban J connectivity index is 0. The zero-order valence-corrected chi connectivity index (χ0v) is 7.48. The van der Waals surface area contributed by atoms with E-state index < -0.39 is 15.6 Å². The summed E-state index contributed by atoms with van der Waals surface area (Å²) in [5, 5.41) is 10.8. The lowest BCUT2D eigenvalue weighted by Crippen LogP contribution is -2.21. The summed E-state index contributed by atoms with van der Waals surface area (Å²) in [5.74, 6) is 0. The number of hydrogen-bond acceptors (Lipinski definition) is 4. The maximum absolute atomic E-state index is 10.7. The molecule has 0 aliphatic heterocycles. The van der Waals surface area contributed by atoms with Crippen LogP contribution in [-0.2, 0) is 10.1 Å². The van der Waals surface area contributed by atoms with Crippen LogP contribution in [-0.4, -0.2) is 43.8 Å². The Morgan fingerprint density at radius 3 is 1.69 bits per heavy atom. The number of aliphatic hydroxyl groups is 1. The minimum atomic E-state index is -5.84. The summed E-state index contributed by atoms with van der Waals surface area (Å²) in [6.45, 7) is 0.927. The molecule has 0 aliphatic carbocycles. The Morgan fingerprint density at radius 1 is 1.38 bits per heavy atom. The number of likely N-dealkylation sites (N-methyl/N-ethyl adjacent to an activating group) is 1. The van der Waals surface area contributed by atoms with Gasteiger partial charge in [-0.15, -0.1) is 0 Å². The van der Waals surface area contributed by atoms with Crippen LogP contribution < -0.4 is 5.32 Å². The van der Waals surface area contributed by atoms with Crippen molar-refractivity contribution in [3.05, 3.63) is 0 Å². The highest BCUT2D eigenvalue weighted by Gasteiger charge is 2.44. The Morgan fingerprint density at radius 2 is 1.69 bits per heavy atom. The van der Waals surface area contributed by atoms with Crippen LogP contribution >= 0.6 is 0 Å². The van der Waals surface area contributed by atoms with Crippen molar-refractivity contribution in [3.63, 3.8) is 0 Å². The average molecular weight is 225 g/mol. The van der Waals surface area contributed by atoms with Crippen molar-refractivity contribution in [2.75, 3.05) is 20.2 Å². The number of aliphatic hydroxyl groups excluding tert-OH is 1. The van der Waals surface area contributed by atoms with Gasteiger partial charge in [0.2, 0.25) is 0 Å². The first kappa shape index (κ1) is 15.1. The van der Waals surface area contributed by atoms with E-state index in [9.17, 15) is 13.2 Å². The molecule has 0 aromatic carbocycles. The van der Waals surface area contributed by atoms with Gasteiger partial charge >= 0.3 is 15.6 Å². The highest BCUT2D eigenvalue weighted by Crippen LogP contribution is 2.20. The lowest BCUT2D eigenvalue weighted by molar-refractivity contribution is -0.0510. The minimum Gasteiger partial charge on any atom is -0.395 e. The first-order valence-corrected chi connectivity index (χ1v) is 4.40. The molecule has 5 nitrogen and oxygen atoms in total. The van der Waals surface area contributed by atoms with Crippen LogP contribution in [0, 0.1) is 0 Å². The number of alkyl halides is 3. The van der Waals surface area contributed by atoms with Crippen LogP contribution in [0.2, 0.25) is 0 Å². The van der Waals surface area contributed by atoms with Gasteiger partial charge in [0, 0.05) is 6.54 Å². The summed E-state index contributed by atoms with van der Waals surface area (Å²) in [5.41, 5.74) is -5.53. The summed E-state index contributed by atoms with van der Waals surface area (Å²) in [7, 11) is -4.04. The molecule has 0 fully saturated rings. The highest BCUT2D eigenvalue weighted by molar-refractivity contribution is 7.86. The van der Waals surface area contributed by atoms with Crippen molar-refractivity contribution in [1.82, 2.24) is 5.32 Å². The van der Waals surface area contributed by atoms with Gasteiger partial charge in [-0.2, -0.15) is 21.6 Å². The predicted molar refractivity (Wildman–Crippen MR) is 38.6 cm³/mol. The number of halogens is 3. The second-order valence-electron chi connectivity index (χ2n) is 1.75. The lowest BCUT2D eigenvalue weighted by atomic mass is 10.7. The molecule has 0 saturated carbocycles. The Labute approximate surface area is 73.3 Å². The molecule has 0 aromatic rings. The van der Waals surface area contributed by atoms with Crippen LogP contribution in [0.1, 0.15) is 0 Å². The largest absolute Gasteiger partial charge is 0.522 e. The molecule has 0 atom stereocenters. The lowest BCUT2D eigenvalue weighted by Gasteiger charge is -1.97. The van der Waals surface area contributed by atoms with Crippen LogP contribution in [0.4, 0.5) is 13.2 Å². The Hall–Kier alpha value is -0.380. The van der Waals surface area contributed by atoms with Crippen molar-refractivity contribution >= 4 is 10.1 Å². The molecule has 0 aliphatic rings. The molecule has 82 valence electrons. The fourth-order valence-electron chi connectivity index (χ4n) is 0.112. The van der Waals surface area contributed by atoms with Gasteiger partial charge in [-0.05, 0) is 7.05 Å². The quantitative estimate of drug-likeness (QED) is 0.439. The van der Waals surface area contributed by atoms with Crippen LogP contribution in [0.3, 0.4) is 0 Å². The third-order valence-electron chi connectivity index (χ3n) is 0.654. The molecule has 0 unspecified atom stereocenters. The van der Waals surface area contributed by atoms with Crippen molar-refractivity contribution in [3.8, 4) is 0 Å². The van der Waals surface area contributed by atoms with Gasteiger partial charge in [-0.3, -0.25) is 4.55 Å². The monoisotopic (exact) mass is 225 g/mol. The molecule has 0 amide bonds. The number of nitrogens with one attached hydrogen (secondary N) is 1. The zero-order valence-electron chi connectivity index (χ0n) is 6.67. The predicted octanol–water partition coefficient (Wildman–Crippen LogP) is -0.408. The summed E-state index contributed by atoms with van der Waals surface area (Å²) < 4.78 is 57.5. The van der Waals surface area contributed by atoms with E-state index in [2.05, 4.69) is 5.32 Å². The van der Waals surface area contributed by atoms with Crippen LogP contribution in [0.15, 0.2) is 0 Å². The smallest absolute Gasteiger partial charge is 0.395 e. The number of rotatable bonds is 2. The zero-order chi connectivity index (χ0) is 11.1. The van der Waals surface area contributed by atoms with E-state index in [-0.39, 0.29) is 6.61 Å². The van der Waals surface area contributed by atoms with Crippen molar-refractivity contribution in [1.29, 1.82) is 0 Å². The van der Waals surface area contributed by atoms with Gasteiger partial charge in [-0.1, -0.05) is 0 Å². The fraction of sp³-hybridized carbons (Fsp3) is 1.00. The van der Waals surface area contributed by atoms with Crippen molar-refractivity contribution in [2.24, 2.45) is 0 Å². The topological polar surface area (TPSA) is 86.6 Å². The first-order valence-electron chi connectivity index (χ1n) is 2.96. The average Bonchev–Trinajstić information content (AvgIpc) is 1.85.